The van der Waals surface area contributed by atoms with Crippen LogP contribution in [-0.4, -0.2) is 26.9 Å². The van der Waals surface area contributed by atoms with Crippen LogP contribution in [0.15, 0.2) is 18.5 Å². The first-order valence-electron chi connectivity index (χ1n) is 5.08. The van der Waals surface area contributed by atoms with Gasteiger partial charge in [-0.3, -0.25) is 0 Å². The Labute approximate surface area is 98.6 Å². The van der Waals surface area contributed by atoms with Crippen molar-refractivity contribution in [2.24, 2.45) is 5.84 Å². The summed E-state index contributed by atoms with van der Waals surface area (Å²) in [4.78, 5) is 8.48. The molecule has 7 nitrogen and oxygen atoms in total. The predicted molar refractivity (Wildman–Crippen MR) is 62.4 cm³/mol. The minimum Gasteiger partial charge on any atom is -0.377 e. The lowest BCUT2D eigenvalue weighted by Gasteiger charge is -2.06. The maximum Gasteiger partial charge on any atom is 0.159 e. The molecule has 0 amide bonds. The molecule has 0 spiro atoms. The van der Waals surface area contributed by atoms with Gasteiger partial charge in [-0.25, -0.2) is 20.5 Å². The molecule has 0 radical (unpaired) electrons. The normalized spacial score (nSPS) is 10.5. The molecule has 0 fully saturated rings. The third kappa shape index (κ3) is 2.58. The summed E-state index contributed by atoms with van der Waals surface area (Å²) in [5.41, 5.74) is 3.55. The van der Waals surface area contributed by atoms with Crippen molar-refractivity contribution < 1.29 is 4.74 Å². The van der Waals surface area contributed by atoms with Crippen LogP contribution in [0.1, 0.15) is 11.4 Å². The van der Waals surface area contributed by atoms with Crippen molar-refractivity contribution in [2.75, 3.05) is 12.5 Å². The predicted octanol–water partition coefficient (Wildman–Crippen LogP) is 0.403. The number of hydrogen-bond acceptors (Lipinski definition) is 6. The van der Waals surface area contributed by atoms with E-state index in [1.165, 1.54) is 0 Å². The number of nitrogens with one attached hydrogen (secondary N) is 1. The fourth-order valence-corrected chi connectivity index (χ4v) is 1.41. The molecule has 0 aliphatic carbocycles. The molecule has 0 bridgehead atoms. The van der Waals surface area contributed by atoms with Gasteiger partial charge in [0, 0.05) is 19.4 Å². The summed E-state index contributed by atoms with van der Waals surface area (Å²) < 4.78 is 6.66. The van der Waals surface area contributed by atoms with E-state index in [9.17, 15) is 0 Å². The number of aryl methyl sites for hydroxylation is 1. The third-order valence-corrected chi connectivity index (χ3v) is 2.13. The molecule has 0 atom stereocenters. The van der Waals surface area contributed by atoms with Crippen LogP contribution in [0.4, 0.5) is 5.82 Å². The van der Waals surface area contributed by atoms with Crippen molar-refractivity contribution in [3.05, 3.63) is 29.8 Å². The number of aromatic nitrogens is 4. The first kappa shape index (κ1) is 11.5. The largest absolute Gasteiger partial charge is 0.377 e. The van der Waals surface area contributed by atoms with E-state index in [1.807, 2.05) is 13.1 Å². The molecule has 3 N–H and O–H groups in total. The van der Waals surface area contributed by atoms with Gasteiger partial charge in [0.25, 0.3) is 0 Å². The third-order valence-electron chi connectivity index (χ3n) is 2.13. The van der Waals surface area contributed by atoms with Crippen molar-refractivity contribution in [1.82, 2.24) is 19.7 Å². The fourth-order valence-electron chi connectivity index (χ4n) is 1.41. The lowest BCUT2D eigenvalue weighted by atomic mass is 10.4. The topological polar surface area (TPSA) is 90.9 Å². The second-order valence-corrected chi connectivity index (χ2v) is 3.57. The monoisotopic (exact) mass is 234 g/mol. The highest BCUT2D eigenvalue weighted by atomic mass is 16.5. The highest BCUT2D eigenvalue weighted by molar-refractivity contribution is 5.40. The number of ether oxygens (including phenoxy) is 1. The molecule has 17 heavy (non-hydrogen) atoms. The number of nitrogens with zero attached hydrogens (tertiary/aromatic N) is 4. The highest BCUT2D eigenvalue weighted by Crippen LogP contribution is 2.11. The van der Waals surface area contributed by atoms with E-state index in [4.69, 9.17) is 10.6 Å². The molecule has 0 unspecified atom stereocenters. The zero-order valence-electron chi connectivity index (χ0n) is 9.71. The Balaban J connectivity index is 2.42. The van der Waals surface area contributed by atoms with Crippen LogP contribution in [0.5, 0.6) is 0 Å². The molecule has 2 rings (SSSR count). The van der Waals surface area contributed by atoms with Gasteiger partial charge in [-0.1, -0.05) is 0 Å². The summed E-state index contributed by atoms with van der Waals surface area (Å²) in [6.07, 6.45) is 3.63. The maximum absolute atomic E-state index is 5.36. The van der Waals surface area contributed by atoms with Crippen molar-refractivity contribution >= 4 is 5.82 Å². The van der Waals surface area contributed by atoms with Crippen molar-refractivity contribution in [2.45, 2.75) is 13.5 Å². The molecule has 2 aromatic heterocycles. The molecule has 0 aliphatic rings. The van der Waals surface area contributed by atoms with E-state index in [-0.39, 0.29) is 0 Å². The Hall–Kier alpha value is -1.99. The summed E-state index contributed by atoms with van der Waals surface area (Å²) in [6, 6.07) is 1.71. The molecular weight excluding hydrogens is 220 g/mol. The van der Waals surface area contributed by atoms with E-state index >= 15 is 0 Å². The van der Waals surface area contributed by atoms with Crippen LogP contribution in [-0.2, 0) is 11.3 Å². The zero-order chi connectivity index (χ0) is 12.3. The van der Waals surface area contributed by atoms with E-state index in [1.54, 1.807) is 24.1 Å². The van der Waals surface area contributed by atoms with Crippen molar-refractivity contribution in [1.29, 1.82) is 0 Å². The smallest absolute Gasteiger partial charge is 0.159 e. The minimum absolute atomic E-state index is 0.322. The first-order valence-corrected chi connectivity index (χ1v) is 5.08. The van der Waals surface area contributed by atoms with Gasteiger partial charge in [0.05, 0.1) is 6.20 Å². The Kier molecular flexibility index (Phi) is 3.31. The standard InChI is InChI=1S/C10H14N6O/c1-7-4-12-16(5-7)10-3-8(15-11)13-9(14-10)6-17-2/h3-5H,6,11H2,1-2H3,(H,13,14,15). The summed E-state index contributed by atoms with van der Waals surface area (Å²) in [6.45, 7) is 2.28. The maximum atomic E-state index is 5.36. The van der Waals surface area contributed by atoms with Gasteiger partial charge >= 0.3 is 0 Å². The molecule has 0 aromatic carbocycles. The van der Waals surface area contributed by atoms with Gasteiger partial charge < -0.3 is 10.2 Å². The zero-order valence-corrected chi connectivity index (χ0v) is 9.71. The van der Waals surface area contributed by atoms with Crippen LogP contribution in [0.3, 0.4) is 0 Å². The van der Waals surface area contributed by atoms with Gasteiger partial charge in [-0.15, -0.1) is 0 Å². The number of nitrogen functional groups attached to an aromatic ring is 1. The molecule has 0 saturated heterocycles. The van der Waals surface area contributed by atoms with Gasteiger partial charge in [-0.05, 0) is 12.5 Å². The van der Waals surface area contributed by atoms with Crippen LogP contribution >= 0.6 is 0 Å². The fraction of sp³-hybridized carbons (Fsp3) is 0.300. The lowest BCUT2D eigenvalue weighted by molar-refractivity contribution is 0.178. The minimum atomic E-state index is 0.322. The van der Waals surface area contributed by atoms with Gasteiger partial charge in [0.1, 0.15) is 12.4 Å². The Morgan fingerprint density at radius 2 is 2.29 bits per heavy atom. The van der Waals surface area contributed by atoms with Crippen LogP contribution in [0.2, 0.25) is 0 Å². The molecule has 0 saturated carbocycles. The average Bonchev–Trinajstić information content (AvgIpc) is 2.76. The van der Waals surface area contributed by atoms with E-state index in [0.717, 1.165) is 5.56 Å². The SMILES string of the molecule is COCc1nc(NN)cc(-n2cc(C)cn2)n1. The summed E-state index contributed by atoms with van der Waals surface area (Å²) in [5.74, 6) is 7.07. The second-order valence-electron chi connectivity index (χ2n) is 3.57. The number of anilines is 1. The molecule has 2 aromatic rings. The number of hydrazine groups is 1. The van der Waals surface area contributed by atoms with Gasteiger partial charge in [-0.2, -0.15) is 5.10 Å². The highest BCUT2D eigenvalue weighted by Gasteiger charge is 2.06. The number of methoxy groups -OCH3 is 1. The van der Waals surface area contributed by atoms with E-state index in [2.05, 4.69) is 20.5 Å². The van der Waals surface area contributed by atoms with Crippen molar-refractivity contribution in [3.8, 4) is 5.82 Å². The summed E-state index contributed by atoms with van der Waals surface area (Å²) in [7, 11) is 1.59. The molecular formula is C10H14N6O. The van der Waals surface area contributed by atoms with Crippen LogP contribution in [0, 0.1) is 6.92 Å². The second kappa shape index (κ2) is 4.89. The average molecular weight is 234 g/mol. The number of nitrogens with two attached hydrogens (primary N) is 1. The van der Waals surface area contributed by atoms with Gasteiger partial charge in [0.15, 0.2) is 11.6 Å². The molecule has 0 aliphatic heterocycles. The Morgan fingerprint density at radius 3 is 2.88 bits per heavy atom. The summed E-state index contributed by atoms with van der Waals surface area (Å²) in [5, 5.41) is 4.18. The van der Waals surface area contributed by atoms with E-state index < -0.39 is 0 Å². The first-order chi connectivity index (χ1) is 8.22. The van der Waals surface area contributed by atoms with Crippen LogP contribution in [0.25, 0.3) is 5.82 Å². The Morgan fingerprint density at radius 1 is 1.47 bits per heavy atom. The molecule has 2 heterocycles. The van der Waals surface area contributed by atoms with E-state index in [0.29, 0.717) is 24.1 Å². The summed E-state index contributed by atoms with van der Waals surface area (Å²) >= 11 is 0. The molecule has 7 heteroatoms. The number of rotatable bonds is 4. The lowest BCUT2D eigenvalue weighted by Crippen LogP contribution is -2.13. The quantitative estimate of drug-likeness (QED) is 0.588. The van der Waals surface area contributed by atoms with Crippen LogP contribution < -0.4 is 11.3 Å². The van der Waals surface area contributed by atoms with Gasteiger partial charge in [0.2, 0.25) is 0 Å². The Bertz CT molecular complexity index is 509. The van der Waals surface area contributed by atoms with Crippen molar-refractivity contribution in [3.63, 3.8) is 0 Å². The molecule has 90 valence electrons. The number of hydrogen-bond donors (Lipinski definition) is 2.